The summed E-state index contributed by atoms with van der Waals surface area (Å²) in [5.41, 5.74) is 7.06. The Morgan fingerprint density at radius 1 is 1.28 bits per heavy atom. The summed E-state index contributed by atoms with van der Waals surface area (Å²) in [4.78, 5) is 51.7. The molecule has 29 heavy (non-hydrogen) atoms. The number of primary amides is 1. The zero-order valence-electron chi connectivity index (χ0n) is 16.0. The first-order valence-corrected chi connectivity index (χ1v) is 9.98. The van der Waals surface area contributed by atoms with Gasteiger partial charge in [0, 0.05) is 4.88 Å². The third-order valence-electron chi connectivity index (χ3n) is 5.61. The van der Waals surface area contributed by atoms with E-state index >= 15 is 0 Å². The molecule has 4 rings (SSSR count). The molecule has 2 aromatic rings. The van der Waals surface area contributed by atoms with E-state index in [1.165, 1.54) is 11.3 Å². The molecule has 1 atom stereocenters. The Kier molecular flexibility index (Phi) is 4.42. The number of imide groups is 1. The molecule has 1 aliphatic carbocycles. The van der Waals surface area contributed by atoms with Crippen LogP contribution in [-0.2, 0) is 21.5 Å². The number of carbonyl (C=O) groups excluding carboxylic acids is 4. The lowest BCUT2D eigenvalue weighted by atomic mass is 9.92. The number of benzene rings is 1. The van der Waals surface area contributed by atoms with Gasteiger partial charge in [-0.3, -0.25) is 19.3 Å². The molecule has 1 unspecified atom stereocenters. The molecule has 8 nitrogen and oxygen atoms in total. The van der Waals surface area contributed by atoms with Crippen molar-refractivity contribution >= 4 is 40.1 Å². The summed E-state index contributed by atoms with van der Waals surface area (Å²) < 4.78 is 0. The molecule has 9 heteroatoms. The van der Waals surface area contributed by atoms with Crippen LogP contribution in [0.1, 0.15) is 38.3 Å². The van der Waals surface area contributed by atoms with Crippen LogP contribution in [0.3, 0.4) is 0 Å². The largest absolute Gasteiger partial charge is 0.365 e. The molecule has 1 aromatic heterocycles. The predicted molar refractivity (Wildman–Crippen MR) is 108 cm³/mol. The molecule has 2 heterocycles. The molecule has 2 aliphatic rings. The minimum atomic E-state index is -1.11. The van der Waals surface area contributed by atoms with Crippen molar-refractivity contribution in [3.05, 3.63) is 51.4 Å². The number of urea groups is 1. The van der Waals surface area contributed by atoms with Gasteiger partial charge in [0.15, 0.2) is 0 Å². The van der Waals surface area contributed by atoms with Gasteiger partial charge in [0.05, 0.1) is 5.56 Å². The lowest BCUT2D eigenvalue weighted by Crippen LogP contribution is -2.43. The van der Waals surface area contributed by atoms with E-state index in [1.807, 2.05) is 31.2 Å². The summed E-state index contributed by atoms with van der Waals surface area (Å²) in [5.74, 6) is -1.64. The third kappa shape index (κ3) is 2.89. The first kappa shape index (κ1) is 19.1. The van der Waals surface area contributed by atoms with Gasteiger partial charge in [0.2, 0.25) is 5.91 Å². The monoisotopic (exact) mass is 412 g/mol. The Bertz CT molecular complexity index is 1080. The van der Waals surface area contributed by atoms with Crippen LogP contribution < -0.4 is 16.4 Å². The van der Waals surface area contributed by atoms with Gasteiger partial charge in [-0.15, -0.1) is 11.3 Å². The number of nitrogens with zero attached hydrogens (tertiary/aromatic N) is 1. The second-order valence-corrected chi connectivity index (χ2v) is 8.51. The Balaban J connectivity index is 1.55. The molecule has 1 aromatic carbocycles. The van der Waals surface area contributed by atoms with Crippen molar-refractivity contribution in [2.75, 3.05) is 11.9 Å². The van der Waals surface area contributed by atoms with Crippen molar-refractivity contribution in [1.29, 1.82) is 0 Å². The average Bonchev–Trinajstić information content (AvgIpc) is 3.25. The number of rotatable bonds is 4. The number of anilines is 1. The second kappa shape index (κ2) is 6.70. The Morgan fingerprint density at radius 2 is 2.00 bits per heavy atom. The molecule has 5 amide bonds. The number of hydrogen-bond donors (Lipinski definition) is 3. The fourth-order valence-electron chi connectivity index (χ4n) is 4.05. The fourth-order valence-corrected chi connectivity index (χ4v) is 5.14. The highest BCUT2D eigenvalue weighted by Crippen LogP contribution is 2.41. The van der Waals surface area contributed by atoms with E-state index in [1.54, 1.807) is 6.92 Å². The molecule has 1 aliphatic heterocycles. The van der Waals surface area contributed by atoms with Crippen molar-refractivity contribution in [3.63, 3.8) is 0 Å². The number of fused-ring (bicyclic) bond motifs is 2. The van der Waals surface area contributed by atoms with Gasteiger partial charge in [-0.05, 0) is 43.4 Å². The fraction of sp³-hybridized carbons (Fsp3) is 0.300. The van der Waals surface area contributed by atoms with Crippen LogP contribution in [0.2, 0.25) is 0 Å². The van der Waals surface area contributed by atoms with Crippen LogP contribution >= 0.6 is 11.3 Å². The van der Waals surface area contributed by atoms with Crippen LogP contribution in [0.25, 0.3) is 0 Å². The van der Waals surface area contributed by atoms with Crippen LogP contribution in [-0.4, -0.2) is 35.2 Å². The number of aryl methyl sites for hydroxylation is 2. The minimum absolute atomic E-state index is 0.249. The zero-order chi connectivity index (χ0) is 20.9. The minimum Gasteiger partial charge on any atom is -0.365 e. The van der Waals surface area contributed by atoms with Gasteiger partial charge in [-0.2, -0.15) is 0 Å². The number of nitrogens with one attached hydrogen (secondary N) is 2. The molecule has 0 saturated carbocycles. The van der Waals surface area contributed by atoms with Gasteiger partial charge >= 0.3 is 6.03 Å². The summed E-state index contributed by atoms with van der Waals surface area (Å²) >= 11 is 1.23. The lowest BCUT2D eigenvalue weighted by Gasteiger charge is -2.22. The lowest BCUT2D eigenvalue weighted by molar-refractivity contribution is -0.134. The van der Waals surface area contributed by atoms with Crippen LogP contribution in [0.4, 0.5) is 9.80 Å². The molecular weight excluding hydrogens is 392 g/mol. The molecule has 1 saturated heterocycles. The Labute approximate surface area is 171 Å². The van der Waals surface area contributed by atoms with Gasteiger partial charge in [-0.1, -0.05) is 24.3 Å². The number of amides is 5. The quantitative estimate of drug-likeness (QED) is 0.663. The Morgan fingerprint density at radius 3 is 2.72 bits per heavy atom. The average molecular weight is 412 g/mol. The molecular formula is C20H20N4O4S. The van der Waals surface area contributed by atoms with Gasteiger partial charge in [0.1, 0.15) is 17.1 Å². The van der Waals surface area contributed by atoms with E-state index in [0.717, 1.165) is 20.9 Å². The highest BCUT2D eigenvalue weighted by atomic mass is 32.1. The molecule has 1 fully saturated rings. The van der Waals surface area contributed by atoms with Crippen LogP contribution in [0, 0.1) is 13.8 Å². The van der Waals surface area contributed by atoms with Crippen LogP contribution in [0.15, 0.2) is 24.3 Å². The maximum Gasteiger partial charge on any atom is 0.325 e. The maximum absolute atomic E-state index is 13.1. The van der Waals surface area contributed by atoms with Crippen molar-refractivity contribution in [2.45, 2.75) is 32.2 Å². The Hall–Kier alpha value is -3.20. The van der Waals surface area contributed by atoms with E-state index in [4.69, 9.17) is 5.73 Å². The molecule has 0 bridgehead atoms. The van der Waals surface area contributed by atoms with Crippen molar-refractivity contribution in [3.8, 4) is 0 Å². The zero-order valence-corrected chi connectivity index (χ0v) is 16.8. The maximum atomic E-state index is 13.1. The van der Waals surface area contributed by atoms with Crippen molar-refractivity contribution < 1.29 is 19.2 Å². The summed E-state index contributed by atoms with van der Waals surface area (Å²) in [6.45, 7) is 3.13. The van der Waals surface area contributed by atoms with E-state index < -0.39 is 35.8 Å². The predicted octanol–water partition coefficient (Wildman–Crippen LogP) is 1.80. The van der Waals surface area contributed by atoms with Crippen molar-refractivity contribution in [2.24, 2.45) is 5.73 Å². The summed E-state index contributed by atoms with van der Waals surface area (Å²) in [5, 5.41) is 5.73. The molecule has 0 radical (unpaired) electrons. The first-order valence-electron chi connectivity index (χ1n) is 9.16. The van der Waals surface area contributed by atoms with E-state index in [9.17, 15) is 19.2 Å². The third-order valence-corrected chi connectivity index (χ3v) is 6.73. The second-order valence-electron chi connectivity index (χ2n) is 7.28. The standard InChI is InChI=1S/C20H20N4O4S/c1-10-11(2)29-17(15(10)16(21)26)22-14(25)9-24-18(27)20(23-19(24)28)8-7-12-5-3-4-6-13(12)20/h3-6H,7-9H2,1-2H3,(H2,21,26)(H,22,25)(H,23,28). The molecule has 1 spiro atoms. The van der Waals surface area contributed by atoms with Gasteiger partial charge in [0.25, 0.3) is 11.8 Å². The summed E-state index contributed by atoms with van der Waals surface area (Å²) in [6, 6.07) is 6.89. The number of hydrogen-bond acceptors (Lipinski definition) is 5. The number of thiophene rings is 1. The van der Waals surface area contributed by atoms with E-state index in [-0.39, 0.29) is 5.56 Å². The number of nitrogens with two attached hydrogens (primary N) is 1. The van der Waals surface area contributed by atoms with E-state index in [2.05, 4.69) is 10.6 Å². The van der Waals surface area contributed by atoms with Gasteiger partial charge in [-0.25, -0.2) is 4.79 Å². The van der Waals surface area contributed by atoms with Crippen molar-refractivity contribution in [1.82, 2.24) is 10.2 Å². The highest BCUT2D eigenvalue weighted by Gasteiger charge is 2.55. The smallest absolute Gasteiger partial charge is 0.325 e. The van der Waals surface area contributed by atoms with Gasteiger partial charge < -0.3 is 16.4 Å². The normalized spacial score (nSPS) is 20.1. The summed E-state index contributed by atoms with van der Waals surface area (Å²) in [6.07, 6.45) is 1.14. The molecule has 4 N–H and O–H groups in total. The van der Waals surface area contributed by atoms with Crippen LogP contribution in [0.5, 0.6) is 0 Å². The topological polar surface area (TPSA) is 122 Å². The molecule has 150 valence electrons. The number of carbonyl (C=O) groups is 4. The SMILES string of the molecule is Cc1sc(NC(=O)CN2C(=O)NC3(CCc4ccccc43)C2=O)c(C(N)=O)c1C. The summed E-state index contributed by atoms with van der Waals surface area (Å²) in [7, 11) is 0. The van der Waals surface area contributed by atoms with E-state index in [0.29, 0.717) is 23.4 Å². The first-order chi connectivity index (χ1) is 13.7. The highest BCUT2D eigenvalue weighted by molar-refractivity contribution is 7.16.